The second kappa shape index (κ2) is 11.3. The Kier molecular flexibility index (Phi) is 7.97. The lowest BCUT2D eigenvalue weighted by Gasteiger charge is -2.13. The molecule has 9 heteroatoms. The molecule has 0 spiro atoms. The van der Waals surface area contributed by atoms with Crippen LogP contribution in [-0.2, 0) is 11.4 Å². The summed E-state index contributed by atoms with van der Waals surface area (Å²) in [7, 11) is 1.65. The van der Waals surface area contributed by atoms with Crippen molar-refractivity contribution >= 4 is 52.2 Å². The molecular formula is C27H23ClN2O5S. The number of thioether (sulfide) groups is 1. The SMILES string of the molecule is CCOc1cc(/C=C2\SC(=Nc3ccc(C(=O)O)cc3)N(C)C2=O)ccc1OCc1ccc(Cl)cc1. The molecule has 0 saturated carbocycles. The number of amides is 1. The van der Waals surface area contributed by atoms with Crippen LogP contribution in [0, 0.1) is 0 Å². The van der Waals surface area contributed by atoms with E-state index in [4.69, 9.17) is 26.2 Å². The molecule has 0 atom stereocenters. The van der Waals surface area contributed by atoms with Crippen molar-refractivity contribution < 1.29 is 24.2 Å². The van der Waals surface area contributed by atoms with Gasteiger partial charge in [0, 0.05) is 12.1 Å². The topological polar surface area (TPSA) is 88.4 Å². The Balaban J connectivity index is 1.52. The highest BCUT2D eigenvalue weighted by atomic mass is 35.5. The number of amidine groups is 1. The summed E-state index contributed by atoms with van der Waals surface area (Å²) in [4.78, 5) is 30.3. The third-order valence-electron chi connectivity index (χ3n) is 5.22. The van der Waals surface area contributed by atoms with Crippen molar-refractivity contribution in [2.75, 3.05) is 13.7 Å². The number of benzene rings is 3. The lowest BCUT2D eigenvalue weighted by atomic mass is 10.1. The van der Waals surface area contributed by atoms with E-state index < -0.39 is 5.97 Å². The lowest BCUT2D eigenvalue weighted by Crippen LogP contribution is -2.23. The van der Waals surface area contributed by atoms with Gasteiger partial charge in [0.05, 0.1) is 22.8 Å². The third-order valence-corrected chi connectivity index (χ3v) is 6.53. The van der Waals surface area contributed by atoms with Gasteiger partial charge in [-0.1, -0.05) is 29.8 Å². The standard InChI is InChI=1S/C27H23ClN2O5S/c1-3-34-23-14-18(6-13-22(23)35-16-17-4-9-20(28)10-5-17)15-24-25(31)30(2)27(36-24)29-21-11-7-19(8-12-21)26(32)33/h4-15H,3,16H2,1-2H3,(H,32,33)/b24-15-,29-27?. The van der Waals surface area contributed by atoms with E-state index >= 15 is 0 Å². The van der Waals surface area contributed by atoms with Crippen molar-refractivity contribution in [3.63, 3.8) is 0 Å². The molecule has 0 aromatic heterocycles. The summed E-state index contributed by atoms with van der Waals surface area (Å²) >= 11 is 7.19. The number of carbonyl (C=O) groups is 2. The molecule has 1 aliphatic rings. The van der Waals surface area contributed by atoms with Crippen LogP contribution in [0.15, 0.2) is 76.6 Å². The zero-order valence-electron chi connectivity index (χ0n) is 19.6. The monoisotopic (exact) mass is 522 g/mol. The number of carbonyl (C=O) groups excluding carboxylic acids is 1. The number of ether oxygens (including phenoxy) is 2. The molecule has 0 radical (unpaired) electrons. The second-order valence-electron chi connectivity index (χ2n) is 7.78. The predicted molar refractivity (Wildman–Crippen MR) is 142 cm³/mol. The minimum absolute atomic E-state index is 0.175. The summed E-state index contributed by atoms with van der Waals surface area (Å²) in [6.07, 6.45) is 1.78. The minimum Gasteiger partial charge on any atom is -0.490 e. The van der Waals surface area contributed by atoms with Crippen molar-refractivity contribution in [2.45, 2.75) is 13.5 Å². The first kappa shape index (κ1) is 25.3. The van der Waals surface area contributed by atoms with Gasteiger partial charge in [-0.3, -0.25) is 9.69 Å². The second-order valence-corrected chi connectivity index (χ2v) is 9.22. The Bertz CT molecular complexity index is 1340. The normalized spacial score (nSPS) is 15.5. The van der Waals surface area contributed by atoms with Gasteiger partial charge in [-0.15, -0.1) is 0 Å². The summed E-state index contributed by atoms with van der Waals surface area (Å²) in [5.41, 5.74) is 2.50. The van der Waals surface area contributed by atoms with Crippen molar-refractivity contribution in [3.05, 3.63) is 93.3 Å². The number of nitrogens with zero attached hydrogens (tertiary/aromatic N) is 2. The molecule has 1 N–H and O–H groups in total. The van der Waals surface area contributed by atoms with Gasteiger partial charge in [0.15, 0.2) is 16.7 Å². The molecule has 1 aliphatic heterocycles. The Hall–Kier alpha value is -3.75. The van der Waals surface area contributed by atoms with Crippen LogP contribution in [0.3, 0.4) is 0 Å². The quantitative estimate of drug-likeness (QED) is 0.352. The van der Waals surface area contributed by atoms with Gasteiger partial charge in [0.25, 0.3) is 5.91 Å². The molecule has 184 valence electrons. The summed E-state index contributed by atoms with van der Waals surface area (Å²) in [5.74, 6) is -0.00253. The van der Waals surface area contributed by atoms with Gasteiger partial charge in [-0.2, -0.15) is 0 Å². The number of aromatic carboxylic acids is 1. The number of rotatable bonds is 8. The number of carboxylic acid groups (broad SMARTS) is 1. The zero-order valence-corrected chi connectivity index (χ0v) is 21.2. The van der Waals surface area contributed by atoms with Gasteiger partial charge in [-0.05, 0) is 84.4 Å². The van der Waals surface area contributed by atoms with Crippen LogP contribution in [0.2, 0.25) is 5.02 Å². The molecule has 7 nitrogen and oxygen atoms in total. The van der Waals surface area contributed by atoms with E-state index in [1.807, 2.05) is 49.4 Å². The molecule has 1 amide bonds. The van der Waals surface area contributed by atoms with E-state index in [-0.39, 0.29) is 11.5 Å². The summed E-state index contributed by atoms with van der Waals surface area (Å²) in [6, 6.07) is 19.1. The molecular weight excluding hydrogens is 500 g/mol. The molecule has 1 heterocycles. The molecule has 3 aromatic rings. The number of carboxylic acids is 1. The van der Waals surface area contributed by atoms with Crippen molar-refractivity contribution in [2.24, 2.45) is 4.99 Å². The first-order chi connectivity index (χ1) is 17.3. The maximum absolute atomic E-state index is 12.8. The molecule has 0 unspecified atom stereocenters. The van der Waals surface area contributed by atoms with Gasteiger partial charge in [-0.25, -0.2) is 9.79 Å². The van der Waals surface area contributed by atoms with Crippen molar-refractivity contribution in [1.29, 1.82) is 0 Å². The summed E-state index contributed by atoms with van der Waals surface area (Å²) in [5, 5.41) is 10.2. The van der Waals surface area contributed by atoms with Crippen LogP contribution in [0.1, 0.15) is 28.4 Å². The van der Waals surface area contributed by atoms with Crippen LogP contribution >= 0.6 is 23.4 Å². The molecule has 1 fully saturated rings. The zero-order chi connectivity index (χ0) is 25.7. The number of hydrogen-bond acceptors (Lipinski definition) is 6. The average Bonchev–Trinajstić information content (AvgIpc) is 3.12. The number of likely N-dealkylation sites (N-methyl/N-ethyl adjacent to an activating group) is 1. The molecule has 0 aliphatic carbocycles. The predicted octanol–water partition coefficient (Wildman–Crippen LogP) is 6.25. The highest BCUT2D eigenvalue weighted by molar-refractivity contribution is 8.18. The van der Waals surface area contributed by atoms with E-state index in [1.165, 1.54) is 28.8 Å². The van der Waals surface area contributed by atoms with Crippen LogP contribution in [-0.4, -0.2) is 40.7 Å². The van der Waals surface area contributed by atoms with E-state index in [0.29, 0.717) is 45.5 Å². The maximum atomic E-state index is 12.8. The maximum Gasteiger partial charge on any atom is 0.335 e. The fourth-order valence-corrected chi connectivity index (χ4v) is 4.45. The van der Waals surface area contributed by atoms with Gasteiger partial charge >= 0.3 is 5.97 Å². The molecule has 4 rings (SSSR count). The Morgan fingerprint density at radius 3 is 2.44 bits per heavy atom. The fraction of sp³-hybridized carbons (Fsp3) is 0.148. The first-order valence-electron chi connectivity index (χ1n) is 11.1. The molecule has 36 heavy (non-hydrogen) atoms. The Labute approximate surface area is 218 Å². The number of hydrogen-bond donors (Lipinski definition) is 1. The largest absolute Gasteiger partial charge is 0.490 e. The Morgan fingerprint density at radius 2 is 1.78 bits per heavy atom. The van der Waals surface area contributed by atoms with Crippen molar-refractivity contribution in [1.82, 2.24) is 4.90 Å². The highest BCUT2D eigenvalue weighted by Crippen LogP contribution is 2.35. The molecule has 3 aromatic carbocycles. The third kappa shape index (κ3) is 6.08. The van der Waals surface area contributed by atoms with Gasteiger partial charge < -0.3 is 14.6 Å². The van der Waals surface area contributed by atoms with Gasteiger partial charge in [0.1, 0.15) is 6.61 Å². The van der Waals surface area contributed by atoms with Crippen LogP contribution in [0.4, 0.5) is 5.69 Å². The van der Waals surface area contributed by atoms with Gasteiger partial charge in [0.2, 0.25) is 0 Å². The highest BCUT2D eigenvalue weighted by Gasteiger charge is 2.30. The van der Waals surface area contributed by atoms with E-state index in [1.54, 1.807) is 25.3 Å². The van der Waals surface area contributed by atoms with E-state index in [0.717, 1.165) is 11.1 Å². The summed E-state index contributed by atoms with van der Waals surface area (Å²) < 4.78 is 11.7. The molecule has 0 bridgehead atoms. The van der Waals surface area contributed by atoms with E-state index in [9.17, 15) is 9.59 Å². The van der Waals surface area contributed by atoms with Crippen LogP contribution < -0.4 is 9.47 Å². The smallest absolute Gasteiger partial charge is 0.335 e. The van der Waals surface area contributed by atoms with Crippen molar-refractivity contribution in [3.8, 4) is 11.5 Å². The van der Waals surface area contributed by atoms with E-state index in [2.05, 4.69) is 4.99 Å². The van der Waals surface area contributed by atoms with Crippen LogP contribution in [0.5, 0.6) is 11.5 Å². The summed E-state index contributed by atoms with van der Waals surface area (Å²) in [6.45, 7) is 2.72. The Morgan fingerprint density at radius 1 is 1.06 bits per heavy atom. The first-order valence-corrected chi connectivity index (χ1v) is 12.3. The molecule has 1 saturated heterocycles. The average molecular weight is 523 g/mol. The minimum atomic E-state index is -1.00. The number of aliphatic imine (C=N–C) groups is 1. The number of halogens is 1. The van der Waals surface area contributed by atoms with Crippen LogP contribution in [0.25, 0.3) is 6.08 Å². The fourth-order valence-electron chi connectivity index (χ4n) is 3.34. The lowest BCUT2D eigenvalue weighted by molar-refractivity contribution is -0.121.